The molecule has 0 N–H and O–H groups in total. The summed E-state index contributed by atoms with van der Waals surface area (Å²) in [4.78, 5) is 12.6. The lowest BCUT2D eigenvalue weighted by Gasteiger charge is -2.11. The Kier molecular flexibility index (Phi) is 5.63. The lowest BCUT2D eigenvalue weighted by atomic mass is 10.2. The molecule has 0 spiro atoms. The average molecular weight is 450 g/mol. The van der Waals surface area contributed by atoms with Crippen molar-refractivity contribution in [2.45, 2.75) is 23.6 Å². The lowest BCUT2D eigenvalue weighted by molar-refractivity contribution is 0.0713. The predicted octanol–water partition coefficient (Wildman–Crippen LogP) is 4.68. The van der Waals surface area contributed by atoms with Crippen LogP contribution in [0.4, 0.5) is 4.39 Å². The summed E-state index contributed by atoms with van der Waals surface area (Å²) in [6, 6.07) is 20.3. The van der Waals surface area contributed by atoms with Crippen LogP contribution in [0.1, 0.15) is 21.6 Å². The molecule has 0 aliphatic heterocycles. The summed E-state index contributed by atoms with van der Waals surface area (Å²) >= 11 is 0. The number of halogens is 1. The van der Waals surface area contributed by atoms with Gasteiger partial charge in [0.1, 0.15) is 5.82 Å². The van der Waals surface area contributed by atoms with Crippen LogP contribution in [0.5, 0.6) is 5.88 Å². The van der Waals surface area contributed by atoms with E-state index < -0.39 is 21.6 Å². The van der Waals surface area contributed by atoms with Crippen molar-refractivity contribution in [1.29, 1.82) is 0 Å². The Morgan fingerprint density at radius 3 is 2.19 bits per heavy atom. The van der Waals surface area contributed by atoms with Crippen molar-refractivity contribution < 1.29 is 22.3 Å². The number of ether oxygens (including phenoxy) is 1. The van der Waals surface area contributed by atoms with Crippen molar-refractivity contribution in [1.82, 2.24) is 9.78 Å². The first-order chi connectivity index (χ1) is 15.3. The summed E-state index contributed by atoms with van der Waals surface area (Å²) in [7, 11) is -4.10. The minimum Gasteiger partial charge on any atom is -0.402 e. The molecule has 0 amide bonds. The molecule has 0 fully saturated rings. The van der Waals surface area contributed by atoms with Crippen molar-refractivity contribution in [2.75, 3.05) is 0 Å². The largest absolute Gasteiger partial charge is 0.402 e. The van der Waals surface area contributed by atoms with Gasteiger partial charge in [0.25, 0.3) is 0 Å². The maximum Gasteiger partial charge on any atom is 0.347 e. The maximum absolute atomic E-state index is 14.2. The highest BCUT2D eigenvalue weighted by molar-refractivity contribution is 7.91. The first kappa shape index (κ1) is 21.5. The van der Waals surface area contributed by atoms with Gasteiger partial charge in [-0.05, 0) is 50.2 Å². The maximum atomic E-state index is 14.2. The van der Waals surface area contributed by atoms with Crippen LogP contribution >= 0.6 is 0 Å². The molecule has 4 rings (SSSR count). The number of aromatic nitrogens is 2. The van der Waals surface area contributed by atoms with Crippen molar-refractivity contribution in [3.63, 3.8) is 0 Å². The second kappa shape index (κ2) is 8.39. The van der Waals surface area contributed by atoms with Gasteiger partial charge in [-0.25, -0.2) is 17.6 Å². The number of sulfone groups is 1. The number of carbonyl (C=O) groups excluding carboxylic acids is 1. The molecule has 6 nitrogen and oxygen atoms in total. The zero-order valence-electron chi connectivity index (χ0n) is 17.3. The molecular weight excluding hydrogens is 431 g/mol. The number of para-hydroxylation sites is 1. The van der Waals surface area contributed by atoms with Gasteiger partial charge in [-0.3, -0.25) is 0 Å². The molecule has 1 aromatic heterocycles. The molecule has 32 heavy (non-hydrogen) atoms. The summed E-state index contributed by atoms with van der Waals surface area (Å²) in [5.41, 5.74) is 1.21. The standard InChI is InChI=1S/C24H19FN2O4S/c1-16-12-14-19(15-13-16)32(29,30)22-17(2)26-27(18-8-4-3-5-9-18)23(22)31-24(28)20-10-6-7-11-21(20)25/h3-15H,1-2H3. The molecule has 0 aliphatic rings. The van der Waals surface area contributed by atoms with Crippen molar-refractivity contribution in [3.8, 4) is 11.6 Å². The molecule has 0 saturated heterocycles. The first-order valence-electron chi connectivity index (χ1n) is 9.72. The fourth-order valence-electron chi connectivity index (χ4n) is 3.24. The lowest BCUT2D eigenvalue weighted by Crippen LogP contribution is -2.15. The summed E-state index contributed by atoms with van der Waals surface area (Å²) < 4.78 is 47.9. The normalized spacial score (nSPS) is 11.3. The third kappa shape index (κ3) is 3.92. The monoisotopic (exact) mass is 450 g/mol. The number of carbonyl (C=O) groups is 1. The highest BCUT2D eigenvalue weighted by Gasteiger charge is 2.32. The fraction of sp³-hybridized carbons (Fsp3) is 0.0833. The van der Waals surface area contributed by atoms with Gasteiger partial charge in [0.05, 0.1) is 21.8 Å². The van der Waals surface area contributed by atoms with Gasteiger partial charge in [0.15, 0.2) is 4.90 Å². The van der Waals surface area contributed by atoms with Crippen LogP contribution < -0.4 is 4.74 Å². The zero-order valence-corrected chi connectivity index (χ0v) is 18.1. The van der Waals surface area contributed by atoms with E-state index in [0.717, 1.165) is 11.6 Å². The van der Waals surface area contributed by atoms with E-state index in [1.165, 1.54) is 41.9 Å². The molecule has 8 heteroatoms. The van der Waals surface area contributed by atoms with E-state index in [9.17, 15) is 17.6 Å². The number of hydrogen-bond acceptors (Lipinski definition) is 5. The molecule has 0 aliphatic carbocycles. The highest BCUT2D eigenvalue weighted by atomic mass is 32.2. The molecule has 4 aromatic rings. The van der Waals surface area contributed by atoms with Gasteiger partial charge in [0.2, 0.25) is 15.7 Å². The molecule has 0 bridgehead atoms. The van der Waals surface area contributed by atoms with Crippen LogP contribution in [0, 0.1) is 19.7 Å². The van der Waals surface area contributed by atoms with Crippen molar-refractivity contribution >= 4 is 15.8 Å². The summed E-state index contributed by atoms with van der Waals surface area (Å²) in [5.74, 6) is -2.11. The third-order valence-electron chi connectivity index (χ3n) is 4.85. The Hall–Kier alpha value is -3.78. The van der Waals surface area contributed by atoms with E-state index >= 15 is 0 Å². The van der Waals surface area contributed by atoms with E-state index in [4.69, 9.17) is 4.74 Å². The highest BCUT2D eigenvalue weighted by Crippen LogP contribution is 2.35. The minimum absolute atomic E-state index is 0.0296. The number of aryl methyl sites for hydroxylation is 2. The van der Waals surface area contributed by atoms with Crippen LogP contribution in [-0.2, 0) is 9.84 Å². The van der Waals surface area contributed by atoms with Crippen molar-refractivity contribution in [3.05, 3.63) is 102 Å². The van der Waals surface area contributed by atoms with E-state index in [2.05, 4.69) is 5.10 Å². The SMILES string of the molecule is Cc1ccc(S(=O)(=O)c2c(C)nn(-c3ccccc3)c2OC(=O)c2ccccc2F)cc1. The quantitative estimate of drug-likeness (QED) is 0.413. The van der Waals surface area contributed by atoms with Gasteiger partial charge in [-0.15, -0.1) is 0 Å². The third-order valence-corrected chi connectivity index (χ3v) is 6.75. The van der Waals surface area contributed by atoms with Gasteiger partial charge in [-0.2, -0.15) is 9.78 Å². The Balaban J connectivity index is 1.91. The minimum atomic E-state index is -4.10. The Morgan fingerprint density at radius 1 is 0.906 bits per heavy atom. The molecular formula is C24H19FN2O4S. The zero-order chi connectivity index (χ0) is 22.9. The number of hydrogen-bond donors (Lipinski definition) is 0. The molecule has 3 aromatic carbocycles. The molecule has 0 atom stereocenters. The molecule has 1 heterocycles. The molecule has 0 unspecified atom stereocenters. The van der Waals surface area contributed by atoms with Crippen molar-refractivity contribution in [2.24, 2.45) is 0 Å². The van der Waals surface area contributed by atoms with Gasteiger partial charge in [0, 0.05) is 0 Å². The molecule has 0 radical (unpaired) electrons. The van der Waals surface area contributed by atoms with E-state index in [1.807, 2.05) is 6.92 Å². The van der Waals surface area contributed by atoms with E-state index in [-0.39, 0.29) is 26.9 Å². The Morgan fingerprint density at radius 2 is 1.53 bits per heavy atom. The Labute approximate surface area is 184 Å². The number of nitrogens with zero attached hydrogens (tertiary/aromatic N) is 2. The topological polar surface area (TPSA) is 78.3 Å². The summed E-state index contributed by atoms with van der Waals surface area (Å²) in [6.07, 6.45) is 0. The van der Waals surface area contributed by atoms with Gasteiger partial charge >= 0.3 is 5.97 Å². The van der Waals surface area contributed by atoms with Crippen LogP contribution in [0.3, 0.4) is 0 Å². The van der Waals surface area contributed by atoms with Gasteiger partial charge in [-0.1, -0.05) is 48.0 Å². The molecule has 162 valence electrons. The smallest absolute Gasteiger partial charge is 0.347 e. The second-order valence-corrected chi connectivity index (χ2v) is 9.04. The summed E-state index contributed by atoms with van der Waals surface area (Å²) in [5, 5.41) is 4.33. The second-order valence-electron chi connectivity index (χ2n) is 7.15. The fourth-order valence-corrected chi connectivity index (χ4v) is 4.76. The van der Waals surface area contributed by atoms with Crippen LogP contribution in [0.25, 0.3) is 5.69 Å². The van der Waals surface area contributed by atoms with Gasteiger partial charge < -0.3 is 4.74 Å². The van der Waals surface area contributed by atoms with E-state index in [0.29, 0.717) is 5.69 Å². The summed E-state index contributed by atoms with van der Waals surface area (Å²) in [6.45, 7) is 3.36. The van der Waals surface area contributed by atoms with Crippen LogP contribution in [-0.4, -0.2) is 24.2 Å². The van der Waals surface area contributed by atoms with Crippen LogP contribution in [0.2, 0.25) is 0 Å². The first-order valence-corrected chi connectivity index (χ1v) is 11.2. The average Bonchev–Trinajstić information content (AvgIpc) is 3.11. The Bertz CT molecular complexity index is 1400. The number of benzene rings is 3. The number of esters is 1. The van der Waals surface area contributed by atoms with Crippen LogP contribution in [0.15, 0.2) is 88.7 Å². The van der Waals surface area contributed by atoms with E-state index in [1.54, 1.807) is 42.5 Å². The molecule has 0 saturated carbocycles. The predicted molar refractivity (Wildman–Crippen MR) is 116 cm³/mol. The number of rotatable bonds is 5.